The average Bonchev–Trinajstić information content (AvgIpc) is 3.64. The summed E-state index contributed by atoms with van der Waals surface area (Å²) >= 11 is 0. The Kier molecular flexibility index (Phi) is 6.22. The number of benzene rings is 2. The standard InChI is InChI=1S/C29H28FN7O2/c1-3-36-19(2)27(29(39)37(36)23-10-5-4-6-11-23)28(38)32-22-17-24(20-8-7-9-21(30)16-20)34(18-22)26-13-12-25-31-14-15-35(25)33-26/h4-16,22,24H,3,17-18H2,1-2H3,(H,32,38)/t22-,24+/m0/s1. The van der Waals surface area contributed by atoms with Crippen molar-refractivity contribution < 1.29 is 9.18 Å². The number of imidazole rings is 1. The van der Waals surface area contributed by atoms with E-state index in [1.807, 2.05) is 60.1 Å². The maximum atomic E-state index is 14.2. The van der Waals surface area contributed by atoms with Crippen molar-refractivity contribution in [3.8, 4) is 5.69 Å². The SMILES string of the molecule is CCn1c(C)c(C(=O)N[C@H]2C[C@H](c3cccc(F)c3)N(c3ccc4nccn4n3)C2)c(=O)n1-c1ccccc1. The van der Waals surface area contributed by atoms with Crippen LogP contribution in [-0.4, -0.2) is 42.5 Å². The number of hydrogen-bond donors (Lipinski definition) is 1. The van der Waals surface area contributed by atoms with E-state index in [0.717, 1.165) is 11.2 Å². The topological polar surface area (TPSA) is 89.5 Å². The molecule has 0 spiro atoms. The molecule has 3 aromatic heterocycles. The van der Waals surface area contributed by atoms with Gasteiger partial charge in [-0.05, 0) is 62.2 Å². The Bertz CT molecular complexity index is 1720. The maximum absolute atomic E-state index is 14.2. The lowest BCUT2D eigenvalue weighted by molar-refractivity contribution is 0.0938. The van der Waals surface area contributed by atoms with Gasteiger partial charge in [0.05, 0.1) is 17.4 Å². The lowest BCUT2D eigenvalue weighted by Gasteiger charge is -2.25. The molecule has 2 aromatic carbocycles. The summed E-state index contributed by atoms with van der Waals surface area (Å²) in [4.78, 5) is 33.4. The van der Waals surface area contributed by atoms with E-state index in [2.05, 4.69) is 15.2 Å². The Hall–Kier alpha value is -4.73. The van der Waals surface area contributed by atoms with Gasteiger partial charge < -0.3 is 10.2 Å². The van der Waals surface area contributed by atoms with Gasteiger partial charge in [0, 0.05) is 31.5 Å². The van der Waals surface area contributed by atoms with Crippen LogP contribution in [0.1, 0.15) is 41.0 Å². The summed E-state index contributed by atoms with van der Waals surface area (Å²) in [5.41, 5.74) is 2.58. The van der Waals surface area contributed by atoms with Crippen LogP contribution in [0.15, 0.2) is 83.9 Å². The predicted molar refractivity (Wildman–Crippen MR) is 146 cm³/mol. The van der Waals surface area contributed by atoms with Crippen molar-refractivity contribution in [1.29, 1.82) is 0 Å². The third-order valence-electron chi connectivity index (χ3n) is 7.33. The van der Waals surface area contributed by atoms with Gasteiger partial charge in [0.2, 0.25) is 0 Å². The van der Waals surface area contributed by atoms with Crippen LogP contribution in [0.5, 0.6) is 0 Å². The summed E-state index contributed by atoms with van der Waals surface area (Å²) in [6.45, 7) is 4.71. The smallest absolute Gasteiger partial charge is 0.284 e. The summed E-state index contributed by atoms with van der Waals surface area (Å²) in [6.07, 6.45) is 3.97. The molecule has 4 heterocycles. The van der Waals surface area contributed by atoms with E-state index in [-0.39, 0.29) is 29.0 Å². The van der Waals surface area contributed by atoms with E-state index in [0.29, 0.717) is 36.7 Å². The molecule has 198 valence electrons. The van der Waals surface area contributed by atoms with Crippen molar-refractivity contribution in [2.24, 2.45) is 0 Å². The Morgan fingerprint density at radius 3 is 2.69 bits per heavy atom. The first kappa shape index (κ1) is 24.6. The highest BCUT2D eigenvalue weighted by Crippen LogP contribution is 2.36. The van der Waals surface area contributed by atoms with Gasteiger partial charge in [0.15, 0.2) is 5.65 Å². The number of nitrogens with one attached hydrogen (secondary N) is 1. The van der Waals surface area contributed by atoms with E-state index < -0.39 is 5.91 Å². The molecule has 10 heteroatoms. The second kappa shape index (κ2) is 9.86. The number of anilines is 1. The molecule has 1 aliphatic rings. The molecule has 6 rings (SSSR count). The van der Waals surface area contributed by atoms with Crippen molar-refractivity contribution in [2.45, 2.75) is 38.9 Å². The number of halogens is 1. The molecule has 1 amide bonds. The van der Waals surface area contributed by atoms with Crippen molar-refractivity contribution >= 4 is 17.4 Å². The fraction of sp³-hybridized carbons (Fsp3) is 0.241. The second-order valence-corrected chi connectivity index (χ2v) is 9.68. The lowest BCUT2D eigenvalue weighted by Crippen LogP contribution is -2.39. The first-order valence-electron chi connectivity index (χ1n) is 13.0. The molecule has 1 N–H and O–H groups in total. The Labute approximate surface area is 224 Å². The minimum absolute atomic E-state index is 0.124. The van der Waals surface area contributed by atoms with E-state index in [1.54, 1.807) is 34.6 Å². The molecule has 1 saturated heterocycles. The fourth-order valence-electron chi connectivity index (χ4n) is 5.55. The third kappa shape index (κ3) is 4.37. The van der Waals surface area contributed by atoms with Crippen LogP contribution in [0, 0.1) is 12.7 Å². The monoisotopic (exact) mass is 525 g/mol. The quantitative estimate of drug-likeness (QED) is 0.363. The van der Waals surface area contributed by atoms with Gasteiger partial charge in [0.1, 0.15) is 17.2 Å². The third-order valence-corrected chi connectivity index (χ3v) is 7.33. The first-order chi connectivity index (χ1) is 18.9. The summed E-state index contributed by atoms with van der Waals surface area (Å²) in [5, 5.41) is 7.78. The van der Waals surface area contributed by atoms with Crippen LogP contribution in [0.3, 0.4) is 0 Å². The van der Waals surface area contributed by atoms with Gasteiger partial charge in [-0.25, -0.2) is 18.6 Å². The number of fused-ring (bicyclic) bond motifs is 1. The highest BCUT2D eigenvalue weighted by Gasteiger charge is 2.36. The molecule has 0 saturated carbocycles. The van der Waals surface area contributed by atoms with Crippen LogP contribution < -0.4 is 15.8 Å². The number of para-hydroxylation sites is 1. The number of carbonyl (C=O) groups excluding carboxylic acids is 1. The number of aromatic nitrogens is 5. The minimum Gasteiger partial charge on any atom is -0.347 e. The van der Waals surface area contributed by atoms with Crippen LogP contribution in [0.4, 0.5) is 10.2 Å². The number of rotatable bonds is 6. The lowest BCUT2D eigenvalue weighted by atomic mass is 10.0. The molecule has 2 atom stereocenters. The number of nitrogens with zero attached hydrogens (tertiary/aromatic N) is 6. The second-order valence-electron chi connectivity index (χ2n) is 9.68. The molecule has 0 unspecified atom stereocenters. The largest absolute Gasteiger partial charge is 0.347 e. The van der Waals surface area contributed by atoms with Gasteiger partial charge in [-0.2, -0.15) is 0 Å². The molecule has 0 radical (unpaired) electrons. The van der Waals surface area contributed by atoms with Crippen molar-refractivity contribution in [3.05, 3.63) is 112 Å². The van der Waals surface area contributed by atoms with E-state index in [9.17, 15) is 14.0 Å². The van der Waals surface area contributed by atoms with E-state index in [4.69, 9.17) is 5.10 Å². The summed E-state index contributed by atoms with van der Waals surface area (Å²) in [6, 6.07) is 19.0. The van der Waals surface area contributed by atoms with Gasteiger partial charge in [-0.1, -0.05) is 30.3 Å². The van der Waals surface area contributed by atoms with Crippen molar-refractivity contribution in [2.75, 3.05) is 11.4 Å². The van der Waals surface area contributed by atoms with E-state index in [1.165, 1.54) is 12.1 Å². The summed E-state index contributed by atoms with van der Waals surface area (Å²) in [5.74, 6) is -0.0561. The zero-order valence-electron chi connectivity index (χ0n) is 21.7. The number of amides is 1. The molecule has 1 fully saturated rings. The summed E-state index contributed by atoms with van der Waals surface area (Å²) in [7, 11) is 0. The van der Waals surface area contributed by atoms with Crippen LogP contribution in [0.25, 0.3) is 11.3 Å². The van der Waals surface area contributed by atoms with Crippen LogP contribution in [0.2, 0.25) is 0 Å². The molecule has 0 aliphatic carbocycles. The molecule has 0 bridgehead atoms. The molecule has 9 nitrogen and oxygen atoms in total. The number of carbonyl (C=O) groups is 1. The predicted octanol–water partition coefficient (Wildman–Crippen LogP) is 3.90. The fourth-order valence-corrected chi connectivity index (χ4v) is 5.55. The molecule has 39 heavy (non-hydrogen) atoms. The molecular formula is C29H28FN7O2. The minimum atomic E-state index is -0.419. The number of hydrogen-bond acceptors (Lipinski definition) is 5. The summed E-state index contributed by atoms with van der Waals surface area (Å²) < 4.78 is 19.2. The van der Waals surface area contributed by atoms with E-state index >= 15 is 0 Å². The molecule has 1 aliphatic heterocycles. The highest BCUT2D eigenvalue weighted by atomic mass is 19.1. The van der Waals surface area contributed by atoms with Crippen LogP contribution >= 0.6 is 0 Å². The van der Waals surface area contributed by atoms with Gasteiger partial charge in [-0.15, -0.1) is 5.10 Å². The van der Waals surface area contributed by atoms with Crippen molar-refractivity contribution in [3.63, 3.8) is 0 Å². The van der Waals surface area contributed by atoms with Crippen molar-refractivity contribution in [1.82, 2.24) is 29.3 Å². The zero-order chi connectivity index (χ0) is 27.1. The Morgan fingerprint density at radius 2 is 1.92 bits per heavy atom. The first-order valence-corrected chi connectivity index (χ1v) is 13.0. The normalized spacial score (nSPS) is 17.2. The maximum Gasteiger partial charge on any atom is 0.284 e. The van der Waals surface area contributed by atoms with Gasteiger partial charge >= 0.3 is 0 Å². The Balaban J connectivity index is 1.33. The molecule has 5 aromatic rings. The van der Waals surface area contributed by atoms with Crippen LogP contribution in [-0.2, 0) is 6.54 Å². The van der Waals surface area contributed by atoms with Gasteiger partial charge in [-0.3, -0.25) is 14.3 Å². The molecular weight excluding hydrogens is 497 g/mol. The van der Waals surface area contributed by atoms with Gasteiger partial charge in [0.25, 0.3) is 11.5 Å². The average molecular weight is 526 g/mol. The highest BCUT2D eigenvalue weighted by molar-refractivity contribution is 5.95. The zero-order valence-corrected chi connectivity index (χ0v) is 21.7. The Morgan fingerprint density at radius 1 is 1.10 bits per heavy atom.